The van der Waals surface area contributed by atoms with Crippen LogP contribution in [-0.2, 0) is 0 Å². The maximum atomic E-state index is 12.1. The number of fused-ring (bicyclic) bond motifs is 1. The molecule has 0 N–H and O–H groups in total. The van der Waals surface area contributed by atoms with Gasteiger partial charge in [-0.25, -0.2) is 0 Å². The summed E-state index contributed by atoms with van der Waals surface area (Å²) >= 11 is 1.78. The molecule has 0 saturated carbocycles. The fourth-order valence-electron chi connectivity index (χ4n) is 1.79. The Morgan fingerprint density at radius 3 is 3.00 bits per heavy atom. The van der Waals surface area contributed by atoms with Gasteiger partial charge in [0, 0.05) is 17.9 Å². The number of carbonyl (C=O) groups is 1. The van der Waals surface area contributed by atoms with E-state index in [1.165, 1.54) is 0 Å². The van der Waals surface area contributed by atoms with E-state index in [1.807, 2.05) is 4.90 Å². The number of rotatable bonds is 1. The Kier molecular flexibility index (Phi) is 2.40. The first-order chi connectivity index (χ1) is 7.84. The maximum absolute atomic E-state index is 12.1. The van der Waals surface area contributed by atoms with E-state index in [9.17, 15) is 4.79 Å². The molecule has 1 aromatic carbocycles. The van der Waals surface area contributed by atoms with Crippen molar-refractivity contribution in [1.82, 2.24) is 4.90 Å². The van der Waals surface area contributed by atoms with Crippen LogP contribution in [0.3, 0.4) is 0 Å². The Morgan fingerprint density at radius 2 is 2.19 bits per heavy atom. The van der Waals surface area contributed by atoms with Crippen molar-refractivity contribution in [3.63, 3.8) is 0 Å². The molecule has 0 aromatic heterocycles. The second kappa shape index (κ2) is 3.90. The Hall–Kier alpha value is -1.36. The number of nitrogens with zero attached hydrogens (tertiary/aromatic N) is 1. The minimum atomic E-state index is 0.0725. The van der Waals surface area contributed by atoms with Gasteiger partial charge in [-0.2, -0.15) is 0 Å². The summed E-state index contributed by atoms with van der Waals surface area (Å²) in [4.78, 5) is 13.9. The number of benzene rings is 1. The molecule has 3 rings (SSSR count). The number of ether oxygens (including phenoxy) is 2. The van der Waals surface area contributed by atoms with Crippen LogP contribution in [0.15, 0.2) is 18.2 Å². The number of hydrogen-bond donors (Lipinski definition) is 0. The van der Waals surface area contributed by atoms with Gasteiger partial charge in [0.15, 0.2) is 11.5 Å². The molecule has 1 fully saturated rings. The smallest absolute Gasteiger partial charge is 0.254 e. The second-order valence-corrected chi connectivity index (χ2v) is 4.75. The third-order valence-corrected chi connectivity index (χ3v) is 3.62. The van der Waals surface area contributed by atoms with Crippen LogP contribution in [0, 0.1) is 0 Å². The van der Waals surface area contributed by atoms with Gasteiger partial charge >= 0.3 is 0 Å². The van der Waals surface area contributed by atoms with Crippen molar-refractivity contribution >= 4 is 17.7 Å². The van der Waals surface area contributed by atoms with Crippen LogP contribution in [-0.4, -0.2) is 35.8 Å². The lowest BCUT2D eigenvalue weighted by Crippen LogP contribution is -2.27. The highest BCUT2D eigenvalue weighted by Gasteiger charge is 2.22. The van der Waals surface area contributed by atoms with Crippen molar-refractivity contribution in [3.05, 3.63) is 23.8 Å². The number of carbonyl (C=O) groups excluding carboxylic acids is 1. The average Bonchev–Trinajstić information content (AvgIpc) is 2.98. The van der Waals surface area contributed by atoms with E-state index >= 15 is 0 Å². The molecule has 1 aromatic rings. The van der Waals surface area contributed by atoms with Crippen molar-refractivity contribution in [2.24, 2.45) is 0 Å². The van der Waals surface area contributed by atoms with E-state index in [1.54, 1.807) is 30.0 Å². The van der Waals surface area contributed by atoms with E-state index < -0.39 is 0 Å². The molecule has 0 aliphatic carbocycles. The maximum Gasteiger partial charge on any atom is 0.254 e. The van der Waals surface area contributed by atoms with Crippen molar-refractivity contribution in [2.45, 2.75) is 0 Å². The Balaban J connectivity index is 1.86. The van der Waals surface area contributed by atoms with E-state index in [0.29, 0.717) is 17.1 Å². The fraction of sp³-hybridized carbons (Fsp3) is 0.364. The van der Waals surface area contributed by atoms with Gasteiger partial charge in [0.1, 0.15) is 0 Å². The summed E-state index contributed by atoms with van der Waals surface area (Å²) in [5, 5.41) is 0. The Bertz CT molecular complexity index is 429. The van der Waals surface area contributed by atoms with E-state index in [2.05, 4.69) is 0 Å². The zero-order chi connectivity index (χ0) is 11.0. The molecule has 84 valence electrons. The molecule has 16 heavy (non-hydrogen) atoms. The van der Waals surface area contributed by atoms with Crippen LogP contribution in [0.5, 0.6) is 11.5 Å². The lowest BCUT2D eigenvalue weighted by atomic mass is 10.2. The molecule has 5 heteroatoms. The van der Waals surface area contributed by atoms with Gasteiger partial charge in [0.2, 0.25) is 6.79 Å². The lowest BCUT2D eigenvalue weighted by Gasteiger charge is -2.14. The third kappa shape index (κ3) is 1.61. The highest BCUT2D eigenvalue weighted by molar-refractivity contribution is 7.99. The summed E-state index contributed by atoms with van der Waals surface area (Å²) in [5.74, 6) is 3.26. The normalized spacial score (nSPS) is 17.9. The summed E-state index contributed by atoms with van der Waals surface area (Å²) in [6.45, 7) is 1.07. The van der Waals surface area contributed by atoms with Gasteiger partial charge in [-0.3, -0.25) is 4.79 Å². The summed E-state index contributed by atoms with van der Waals surface area (Å²) < 4.78 is 10.5. The quantitative estimate of drug-likeness (QED) is 0.743. The summed E-state index contributed by atoms with van der Waals surface area (Å²) in [6.07, 6.45) is 0. The van der Waals surface area contributed by atoms with Gasteiger partial charge in [-0.15, -0.1) is 11.8 Å². The first kappa shape index (κ1) is 9.84. The SMILES string of the molecule is O=C(c1ccc2c(c1)OCO2)N1CCSC1. The summed E-state index contributed by atoms with van der Waals surface area (Å²) in [5.41, 5.74) is 0.673. The molecule has 0 spiro atoms. The van der Waals surface area contributed by atoms with Gasteiger partial charge in [-0.05, 0) is 18.2 Å². The molecule has 0 radical (unpaired) electrons. The van der Waals surface area contributed by atoms with Gasteiger partial charge in [0.25, 0.3) is 5.91 Å². The van der Waals surface area contributed by atoms with Gasteiger partial charge < -0.3 is 14.4 Å². The number of hydrogen-bond acceptors (Lipinski definition) is 4. The molecule has 2 heterocycles. The van der Waals surface area contributed by atoms with Crippen molar-refractivity contribution in [1.29, 1.82) is 0 Å². The molecule has 0 unspecified atom stereocenters. The molecule has 2 aliphatic heterocycles. The van der Waals surface area contributed by atoms with Crippen LogP contribution in [0.25, 0.3) is 0 Å². The molecular formula is C11H11NO3S. The third-order valence-electron chi connectivity index (χ3n) is 2.66. The van der Waals surface area contributed by atoms with Gasteiger partial charge in [0.05, 0.1) is 5.88 Å². The topological polar surface area (TPSA) is 38.8 Å². The Labute approximate surface area is 97.5 Å². The van der Waals surface area contributed by atoms with Gasteiger partial charge in [-0.1, -0.05) is 0 Å². The molecular weight excluding hydrogens is 226 g/mol. The highest BCUT2D eigenvalue weighted by Crippen LogP contribution is 2.33. The molecule has 1 saturated heterocycles. The lowest BCUT2D eigenvalue weighted by molar-refractivity contribution is 0.0802. The first-order valence-electron chi connectivity index (χ1n) is 5.11. The van der Waals surface area contributed by atoms with E-state index in [-0.39, 0.29) is 12.7 Å². The largest absolute Gasteiger partial charge is 0.454 e. The monoisotopic (exact) mass is 237 g/mol. The zero-order valence-corrected chi connectivity index (χ0v) is 9.46. The second-order valence-electron chi connectivity index (χ2n) is 3.67. The van der Waals surface area contributed by atoms with Crippen molar-refractivity contribution in [3.8, 4) is 11.5 Å². The standard InChI is InChI=1S/C11H11NO3S/c13-11(12-3-4-16-6-12)8-1-2-9-10(5-8)15-7-14-9/h1-2,5H,3-4,6-7H2. The van der Waals surface area contributed by atoms with E-state index in [4.69, 9.17) is 9.47 Å². The van der Waals surface area contributed by atoms with Crippen molar-refractivity contribution in [2.75, 3.05) is 25.0 Å². The highest BCUT2D eigenvalue weighted by atomic mass is 32.2. The van der Waals surface area contributed by atoms with Crippen LogP contribution in [0.2, 0.25) is 0 Å². The molecule has 0 atom stereocenters. The number of amides is 1. The minimum Gasteiger partial charge on any atom is -0.454 e. The van der Waals surface area contributed by atoms with Crippen molar-refractivity contribution < 1.29 is 14.3 Å². The van der Waals surface area contributed by atoms with E-state index in [0.717, 1.165) is 18.2 Å². The molecule has 2 aliphatic rings. The Morgan fingerprint density at radius 1 is 1.31 bits per heavy atom. The summed E-state index contributed by atoms with van der Waals surface area (Å²) in [7, 11) is 0. The van der Waals surface area contributed by atoms with Crippen LogP contribution < -0.4 is 9.47 Å². The average molecular weight is 237 g/mol. The fourth-order valence-corrected chi connectivity index (χ4v) is 2.73. The minimum absolute atomic E-state index is 0.0725. The van der Waals surface area contributed by atoms with Crippen LogP contribution in [0.1, 0.15) is 10.4 Å². The molecule has 0 bridgehead atoms. The summed E-state index contributed by atoms with van der Waals surface area (Å²) in [6, 6.07) is 5.34. The van der Waals surface area contributed by atoms with Crippen LogP contribution in [0.4, 0.5) is 0 Å². The predicted molar refractivity (Wildman–Crippen MR) is 60.9 cm³/mol. The van der Waals surface area contributed by atoms with Crippen LogP contribution >= 0.6 is 11.8 Å². The first-order valence-corrected chi connectivity index (χ1v) is 6.27. The molecule has 1 amide bonds. The zero-order valence-electron chi connectivity index (χ0n) is 8.64. The number of thioether (sulfide) groups is 1. The predicted octanol–water partition coefficient (Wildman–Crippen LogP) is 1.56. The molecule has 4 nitrogen and oxygen atoms in total.